The molecule has 2 nitrogen and oxygen atoms in total. The lowest BCUT2D eigenvalue weighted by atomic mass is 10.0. The summed E-state index contributed by atoms with van der Waals surface area (Å²) in [6, 6.07) is 10.5. The molecule has 0 bridgehead atoms. The Morgan fingerprint density at radius 3 is 3.06 bits per heavy atom. The van der Waals surface area contributed by atoms with Crippen molar-refractivity contribution in [3.63, 3.8) is 0 Å². The fourth-order valence-electron chi connectivity index (χ4n) is 2.61. The molecular weight excluding hydrogens is 240 g/mol. The van der Waals surface area contributed by atoms with Crippen LogP contribution in [-0.4, -0.2) is 6.54 Å². The molecule has 2 aromatic rings. The van der Waals surface area contributed by atoms with E-state index in [2.05, 4.69) is 35.4 Å². The largest absolute Gasteiger partial charge is 0.366 e. The predicted molar refractivity (Wildman–Crippen MR) is 75.0 cm³/mol. The van der Waals surface area contributed by atoms with Crippen LogP contribution in [-0.2, 0) is 13.0 Å². The van der Waals surface area contributed by atoms with Crippen molar-refractivity contribution < 1.29 is 0 Å². The molecule has 0 saturated carbocycles. The maximum Gasteiger partial charge on any atom is 0.101 e. The van der Waals surface area contributed by atoms with E-state index in [1.807, 2.05) is 23.5 Å². The van der Waals surface area contributed by atoms with Gasteiger partial charge in [-0.25, -0.2) is 0 Å². The molecule has 0 N–H and O–H groups in total. The summed E-state index contributed by atoms with van der Waals surface area (Å²) in [5, 5.41) is 11.4. The van der Waals surface area contributed by atoms with Crippen LogP contribution < -0.4 is 4.90 Å². The first kappa shape index (κ1) is 11.3. The summed E-state index contributed by atoms with van der Waals surface area (Å²) in [5.41, 5.74) is 4.50. The zero-order chi connectivity index (χ0) is 12.5. The maximum atomic E-state index is 9.25. The SMILES string of the molecule is Cc1cccc(C#N)c1N1CCc2sccc2C1. The van der Waals surface area contributed by atoms with Gasteiger partial charge in [0.15, 0.2) is 0 Å². The average Bonchev–Trinajstić information content (AvgIpc) is 2.85. The number of thiophene rings is 1. The molecule has 1 aromatic carbocycles. The van der Waals surface area contributed by atoms with Gasteiger partial charge in [0.05, 0.1) is 11.3 Å². The van der Waals surface area contributed by atoms with E-state index in [0.717, 1.165) is 30.8 Å². The molecule has 18 heavy (non-hydrogen) atoms. The fraction of sp³-hybridized carbons (Fsp3) is 0.267. The van der Waals surface area contributed by atoms with Crippen LogP contribution in [0.1, 0.15) is 21.6 Å². The average molecular weight is 254 g/mol. The van der Waals surface area contributed by atoms with E-state index in [4.69, 9.17) is 0 Å². The number of para-hydroxylation sites is 1. The Labute approximate surface area is 111 Å². The summed E-state index contributed by atoms with van der Waals surface area (Å²) >= 11 is 1.85. The van der Waals surface area contributed by atoms with Gasteiger partial charge in [0.2, 0.25) is 0 Å². The number of fused-ring (bicyclic) bond motifs is 1. The van der Waals surface area contributed by atoms with Crippen molar-refractivity contribution in [2.24, 2.45) is 0 Å². The van der Waals surface area contributed by atoms with Gasteiger partial charge in [0.25, 0.3) is 0 Å². The molecule has 0 aliphatic carbocycles. The Bertz CT molecular complexity index is 622. The third-order valence-electron chi connectivity index (χ3n) is 3.48. The van der Waals surface area contributed by atoms with Gasteiger partial charge < -0.3 is 4.90 Å². The molecule has 0 amide bonds. The molecule has 3 heteroatoms. The second-order valence-electron chi connectivity index (χ2n) is 4.62. The summed E-state index contributed by atoms with van der Waals surface area (Å²) in [7, 11) is 0. The third kappa shape index (κ3) is 1.79. The van der Waals surface area contributed by atoms with E-state index in [-0.39, 0.29) is 0 Å². The van der Waals surface area contributed by atoms with Crippen molar-refractivity contribution in [3.8, 4) is 6.07 Å². The van der Waals surface area contributed by atoms with E-state index in [1.54, 1.807) is 0 Å². The minimum absolute atomic E-state index is 0.786. The van der Waals surface area contributed by atoms with Crippen LogP contribution in [0.4, 0.5) is 5.69 Å². The summed E-state index contributed by atoms with van der Waals surface area (Å²) in [6.45, 7) is 4.02. The van der Waals surface area contributed by atoms with E-state index in [9.17, 15) is 5.26 Å². The van der Waals surface area contributed by atoms with Gasteiger partial charge in [-0.3, -0.25) is 0 Å². The van der Waals surface area contributed by atoms with Gasteiger partial charge in [-0.05, 0) is 42.0 Å². The molecule has 90 valence electrons. The molecule has 1 aromatic heterocycles. The number of aryl methyl sites for hydroxylation is 1. The van der Waals surface area contributed by atoms with Crippen LogP contribution >= 0.6 is 11.3 Å². The molecule has 1 aliphatic heterocycles. The molecule has 0 radical (unpaired) electrons. The van der Waals surface area contributed by atoms with Gasteiger partial charge >= 0.3 is 0 Å². The highest BCUT2D eigenvalue weighted by atomic mass is 32.1. The number of rotatable bonds is 1. The standard InChI is InChI=1S/C15H14N2S/c1-11-3-2-4-12(9-16)15(11)17-7-5-14-13(10-17)6-8-18-14/h2-4,6,8H,5,7,10H2,1H3. The number of hydrogen-bond acceptors (Lipinski definition) is 3. The topological polar surface area (TPSA) is 27.0 Å². The van der Waals surface area contributed by atoms with Gasteiger partial charge in [-0.2, -0.15) is 5.26 Å². The van der Waals surface area contributed by atoms with Crippen LogP contribution in [0.2, 0.25) is 0 Å². The fourth-order valence-corrected chi connectivity index (χ4v) is 3.50. The summed E-state index contributed by atoms with van der Waals surface area (Å²) in [5.74, 6) is 0. The zero-order valence-corrected chi connectivity index (χ0v) is 11.1. The van der Waals surface area contributed by atoms with Gasteiger partial charge in [0, 0.05) is 18.0 Å². The van der Waals surface area contributed by atoms with Crippen LogP contribution in [0, 0.1) is 18.3 Å². The summed E-state index contributed by atoms with van der Waals surface area (Å²) in [4.78, 5) is 3.83. The lowest BCUT2D eigenvalue weighted by Crippen LogP contribution is -2.30. The predicted octanol–water partition coefficient (Wildman–Crippen LogP) is 3.49. The highest BCUT2D eigenvalue weighted by molar-refractivity contribution is 7.10. The lowest BCUT2D eigenvalue weighted by molar-refractivity contribution is 0.740. The van der Waals surface area contributed by atoms with Crippen molar-refractivity contribution in [3.05, 3.63) is 51.2 Å². The number of hydrogen-bond donors (Lipinski definition) is 0. The number of nitriles is 1. The Kier molecular flexibility index (Phi) is 2.81. The van der Waals surface area contributed by atoms with E-state index < -0.39 is 0 Å². The minimum atomic E-state index is 0.786. The third-order valence-corrected chi connectivity index (χ3v) is 4.51. The number of anilines is 1. The van der Waals surface area contributed by atoms with Crippen LogP contribution in [0.25, 0.3) is 0 Å². The molecule has 0 saturated heterocycles. The van der Waals surface area contributed by atoms with E-state index >= 15 is 0 Å². The number of benzene rings is 1. The highest BCUT2D eigenvalue weighted by Crippen LogP contribution is 2.31. The molecule has 0 atom stereocenters. The summed E-state index contributed by atoms with van der Waals surface area (Å²) < 4.78 is 0. The summed E-state index contributed by atoms with van der Waals surface area (Å²) in [6.07, 6.45) is 1.09. The van der Waals surface area contributed by atoms with Crippen molar-refractivity contribution in [1.29, 1.82) is 5.26 Å². The first-order valence-electron chi connectivity index (χ1n) is 6.09. The smallest absolute Gasteiger partial charge is 0.101 e. The first-order chi connectivity index (χ1) is 8.79. The Hall–Kier alpha value is -1.79. The second-order valence-corrected chi connectivity index (χ2v) is 5.62. The quantitative estimate of drug-likeness (QED) is 0.779. The maximum absolute atomic E-state index is 9.25. The molecule has 1 aliphatic rings. The van der Waals surface area contributed by atoms with Gasteiger partial charge in [-0.15, -0.1) is 11.3 Å². The Morgan fingerprint density at radius 2 is 2.22 bits per heavy atom. The van der Waals surface area contributed by atoms with Crippen molar-refractivity contribution in [2.75, 3.05) is 11.4 Å². The monoisotopic (exact) mass is 254 g/mol. The Balaban J connectivity index is 2.01. The second kappa shape index (κ2) is 4.47. The highest BCUT2D eigenvalue weighted by Gasteiger charge is 2.20. The molecule has 0 fully saturated rings. The lowest BCUT2D eigenvalue weighted by Gasteiger charge is -2.31. The van der Waals surface area contributed by atoms with Crippen LogP contribution in [0.3, 0.4) is 0 Å². The van der Waals surface area contributed by atoms with Crippen molar-refractivity contribution in [2.45, 2.75) is 19.9 Å². The van der Waals surface area contributed by atoms with Gasteiger partial charge in [-0.1, -0.05) is 12.1 Å². The number of nitrogens with zero attached hydrogens (tertiary/aromatic N) is 2. The first-order valence-corrected chi connectivity index (χ1v) is 6.97. The van der Waals surface area contributed by atoms with Crippen molar-refractivity contribution in [1.82, 2.24) is 0 Å². The Morgan fingerprint density at radius 1 is 1.33 bits per heavy atom. The molecule has 3 rings (SSSR count). The van der Waals surface area contributed by atoms with E-state index in [0.29, 0.717) is 0 Å². The minimum Gasteiger partial charge on any atom is -0.366 e. The molecular formula is C15H14N2S. The molecule has 2 heterocycles. The zero-order valence-electron chi connectivity index (χ0n) is 10.3. The van der Waals surface area contributed by atoms with E-state index in [1.165, 1.54) is 16.0 Å². The normalized spacial score (nSPS) is 14.1. The molecule has 0 spiro atoms. The van der Waals surface area contributed by atoms with Crippen LogP contribution in [0.15, 0.2) is 29.6 Å². The van der Waals surface area contributed by atoms with Crippen molar-refractivity contribution >= 4 is 17.0 Å². The van der Waals surface area contributed by atoms with Crippen LogP contribution in [0.5, 0.6) is 0 Å². The molecule has 0 unspecified atom stereocenters. The van der Waals surface area contributed by atoms with Gasteiger partial charge in [0.1, 0.15) is 6.07 Å².